The summed E-state index contributed by atoms with van der Waals surface area (Å²) in [7, 11) is 0. The van der Waals surface area contributed by atoms with Gasteiger partial charge in [0.25, 0.3) is 0 Å². The Kier molecular flexibility index (Phi) is 3.97. The summed E-state index contributed by atoms with van der Waals surface area (Å²) in [5.41, 5.74) is -2.02. The summed E-state index contributed by atoms with van der Waals surface area (Å²) in [6.07, 6.45) is -3.95. The van der Waals surface area contributed by atoms with Crippen LogP contribution in [-0.4, -0.2) is 22.4 Å². The zero-order chi connectivity index (χ0) is 15.6. The van der Waals surface area contributed by atoms with Crippen molar-refractivity contribution < 1.29 is 27.1 Å². The van der Waals surface area contributed by atoms with Gasteiger partial charge >= 0.3 is 12.1 Å². The summed E-state index contributed by atoms with van der Waals surface area (Å²) in [4.78, 5) is 11.6. The summed E-state index contributed by atoms with van der Waals surface area (Å²) in [6.45, 7) is 1.41. The number of hydrogen-bond acceptors (Lipinski definition) is 3. The number of alkyl halides is 3. The van der Waals surface area contributed by atoms with Crippen LogP contribution in [0.3, 0.4) is 0 Å². The van der Waals surface area contributed by atoms with Gasteiger partial charge in [-0.05, 0) is 25.1 Å². The number of halogens is 4. The van der Waals surface area contributed by atoms with Crippen LogP contribution in [-0.2, 0) is 10.9 Å². The Balaban J connectivity index is 2.53. The Morgan fingerprint density at radius 2 is 2.10 bits per heavy atom. The van der Waals surface area contributed by atoms with E-state index in [4.69, 9.17) is 0 Å². The van der Waals surface area contributed by atoms with Gasteiger partial charge in [-0.2, -0.15) is 18.3 Å². The Morgan fingerprint density at radius 3 is 2.67 bits per heavy atom. The van der Waals surface area contributed by atoms with Gasteiger partial charge in [-0.25, -0.2) is 13.9 Å². The van der Waals surface area contributed by atoms with E-state index in [0.29, 0.717) is 0 Å². The maximum absolute atomic E-state index is 13.1. The Labute approximate surface area is 116 Å². The number of benzene rings is 1. The average molecular weight is 302 g/mol. The SMILES string of the molecule is CCOC(=O)c1cn(-c2cccc(F)c2)nc1C(F)(F)F. The monoisotopic (exact) mass is 302 g/mol. The maximum atomic E-state index is 13.1. The Hall–Kier alpha value is -2.38. The highest BCUT2D eigenvalue weighted by atomic mass is 19.4. The van der Waals surface area contributed by atoms with Crippen LogP contribution in [0.4, 0.5) is 17.6 Å². The van der Waals surface area contributed by atoms with Crippen LogP contribution in [0.2, 0.25) is 0 Å². The van der Waals surface area contributed by atoms with Crippen molar-refractivity contribution in [2.45, 2.75) is 13.1 Å². The standard InChI is InChI=1S/C13H10F4N2O2/c1-2-21-12(20)10-7-19(18-11(10)13(15,16)17)9-5-3-4-8(14)6-9/h3-7H,2H2,1H3. The first kappa shape index (κ1) is 15.0. The molecule has 0 fully saturated rings. The molecule has 0 radical (unpaired) electrons. The predicted octanol–water partition coefficient (Wildman–Crippen LogP) is 3.21. The average Bonchev–Trinajstić information content (AvgIpc) is 2.84. The number of rotatable bonds is 3. The summed E-state index contributed by atoms with van der Waals surface area (Å²) in [6, 6.07) is 4.83. The highest BCUT2D eigenvalue weighted by Crippen LogP contribution is 2.31. The van der Waals surface area contributed by atoms with Gasteiger partial charge in [0, 0.05) is 6.20 Å². The molecule has 21 heavy (non-hydrogen) atoms. The minimum absolute atomic E-state index is 0.0658. The molecule has 0 spiro atoms. The Bertz CT molecular complexity index is 664. The molecule has 112 valence electrons. The molecule has 2 aromatic rings. The molecule has 8 heteroatoms. The number of ether oxygens (including phenoxy) is 1. The van der Waals surface area contributed by atoms with Gasteiger partial charge in [-0.15, -0.1) is 0 Å². The highest BCUT2D eigenvalue weighted by Gasteiger charge is 2.39. The lowest BCUT2D eigenvalue weighted by Crippen LogP contribution is -2.14. The fourth-order valence-corrected chi connectivity index (χ4v) is 1.69. The fourth-order valence-electron chi connectivity index (χ4n) is 1.69. The molecule has 0 saturated carbocycles. The third-order valence-corrected chi connectivity index (χ3v) is 2.55. The quantitative estimate of drug-likeness (QED) is 0.646. The molecule has 0 aliphatic rings. The summed E-state index contributed by atoms with van der Waals surface area (Å²) in [5.74, 6) is -1.76. The molecule has 0 N–H and O–H groups in total. The van der Waals surface area contributed by atoms with Gasteiger partial charge in [0.2, 0.25) is 0 Å². The first-order valence-electron chi connectivity index (χ1n) is 5.93. The molecular formula is C13H10F4N2O2. The molecule has 1 aromatic carbocycles. The van der Waals surface area contributed by atoms with Crippen molar-refractivity contribution in [2.75, 3.05) is 6.61 Å². The lowest BCUT2D eigenvalue weighted by Gasteiger charge is -2.05. The number of aromatic nitrogens is 2. The van der Waals surface area contributed by atoms with Gasteiger partial charge in [0.15, 0.2) is 5.69 Å². The van der Waals surface area contributed by atoms with Crippen molar-refractivity contribution in [3.05, 3.63) is 47.5 Å². The summed E-state index contributed by atoms with van der Waals surface area (Å²) >= 11 is 0. The van der Waals surface area contributed by atoms with Gasteiger partial charge in [-0.1, -0.05) is 6.07 Å². The number of esters is 1. The first-order valence-corrected chi connectivity index (χ1v) is 5.93. The number of carbonyl (C=O) groups excluding carboxylic acids is 1. The second-order valence-electron chi connectivity index (χ2n) is 4.03. The van der Waals surface area contributed by atoms with E-state index < -0.39 is 29.2 Å². The van der Waals surface area contributed by atoms with Gasteiger partial charge in [0.05, 0.1) is 12.3 Å². The second kappa shape index (κ2) is 5.55. The van der Waals surface area contributed by atoms with Crippen molar-refractivity contribution >= 4 is 5.97 Å². The molecular weight excluding hydrogens is 292 g/mol. The molecule has 2 rings (SSSR count). The fraction of sp³-hybridized carbons (Fsp3) is 0.231. The molecule has 1 heterocycles. The lowest BCUT2D eigenvalue weighted by molar-refractivity contribution is -0.141. The van der Waals surface area contributed by atoms with Crippen LogP contribution >= 0.6 is 0 Å². The Morgan fingerprint density at radius 1 is 1.38 bits per heavy atom. The van der Waals surface area contributed by atoms with E-state index in [-0.39, 0.29) is 12.3 Å². The van der Waals surface area contributed by atoms with Crippen LogP contribution in [0.1, 0.15) is 23.0 Å². The van der Waals surface area contributed by atoms with Gasteiger partial charge < -0.3 is 4.74 Å². The molecule has 0 amide bonds. The molecule has 0 saturated heterocycles. The largest absolute Gasteiger partial charge is 0.462 e. The lowest BCUT2D eigenvalue weighted by atomic mass is 10.2. The summed E-state index contributed by atoms with van der Waals surface area (Å²) in [5, 5.41) is 3.32. The third kappa shape index (κ3) is 3.21. The van der Waals surface area contributed by atoms with E-state index >= 15 is 0 Å². The van der Waals surface area contributed by atoms with E-state index in [1.165, 1.54) is 19.1 Å². The van der Waals surface area contributed by atoms with E-state index in [9.17, 15) is 22.4 Å². The van der Waals surface area contributed by atoms with Gasteiger partial charge in [-0.3, -0.25) is 0 Å². The maximum Gasteiger partial charge on any atom is 0.436 e. The molecule has 1 aromatic heterocycles. The van der Waals surface area contributed by atoms with Crippen LogP contribution in [0.25, 0.3) is 5.69 Å². The van der Waals surface area contributed by atoms with Gasteiger partial charge in [0.1, 0.15) is 11.4 Å². The first-order chi connectivity index (χ1) is 9.82. The normalized spacial score (nSPS) is 11.5. The van der Waals surface area contributed by atoms with Crippen LogP contribution in [0.15, 0.2) is 30.5 Å². The minimum atomic E-state index is -4.82. The van der Waals surface area contributed by atoms with Crippen LogP contribution in [0, 0.1) is 5.82 Å². The number of hydrogen-bond donors (Lipinski definition) is 0. The number of nitrogens with zero attached hydrogens (tertiary/aromatic N) is 2. The molecule has 0 aliphatic carbocycles. The molecule has 0 unspecified atom stereocenters. The van der Waals surface area contributed by atoms with Crippen LogP contribution in [0.5, 0.6) is 0 Å². The third-order valence-electron chi connectivity index (χ3n) is 2.55. The number of carbonyl (C=O) groups is 1. The predicted molar refractivity (Wildman–Crippen MR) is 64.5 cm³/mol. The minimum Gasteiger partial charge on any atom is -0.462 e. The van der Waals surface area contributed by atoms with E-state index in [2.05, 4.69) is 9.84 Å². The van der Waals surface area contributed by atoms with Crippen molar-refractivity contribution in [3.8, 4) is 5.69 Å². The molecule has 0 bridgehead atoms. The van der Waals surface area contributed by atoms with Crippen molar-refractivity contribution in [3.63, 3.8) is 0 Å². The van der Waals surface area contributed by atoms with Crippen molar-refractivity contribution in [1.29, 1.82) is 0 Å². The molecule has 0 atom stereocenters. The zero-order valence-electron chi connectivity index (χ0n) is 10.8. The molecule has 0 aliphatic heterocycles. The highest BCUT2D eigenvalue weighted by molar-refractivity contribution is 5.90. The molecule has 4 nitrogen and oxygen atoms in total. The topological polar surface area (TPSA) is 44.1 Å². The zero-order valence-corrected chi connectivity index (χ0v) is 10.8. The van der Waals surface area contributed by atoms with Crippen LogP contribution < -0.4 is 0 Å². The van der Waals surface area contributed by atoms with Crippen molar-refractivity contribution in [2.24, 2.45) is 0 Å². The van der Waals surface area contributed by atoms with Crippen molar-refractivity contribution in [1.82, 2.24) is 9.78 Å². The van der Waals surface area contributed by atoms with E-state index in [1.807, 2.05) is 0 Å². The second-order valence-corrected chi connectivity index (χ2v) is 4.03. The van der Waals surface area contributed by atoms with E-state index in [0.717, 1.165) is 23.0 Å². The van der Waals surface area contributed by atoms with E-state index in [1.54, 1.807) is 0 Å². The smallest absolute Gasteiger partial charge is 0.436 e. The summed E-state index contributed by atoms with van der Waals surface area (Å²) < 4.78 is 57.2.